The van der Waals surface area contributed by atoms with Gasteiger partial charge in [0.2, 0.25) is 10.0 Å². The fourth-order valence-corrected chi connectivity index (χ4v) is 3.60. The van der Waals surface area contributed by atoms with E-state index in [9.17, 15) is 17.9 Å². The summed E-state index contributed by atoms with van der Waals surface area (Å²) < 4.78 is 40.3. The quantitative estimate of drug-likeness (QED) is 0.731. The Kier molecular flexibility index (Phi) is 4.04. The standard InChI is InChI=1S/C13H19FN2O3S/c1-9-6-10(14)12(7-11(9)15)20(18,19)16-8-13(17)4-2-3-5-13/h6-7,16-17H,2-5,8,15H2,1H3. The highest BCUT2D eigenvalue weighted by atomic mass is 32.2. The SMILES string of the molecule is Cc1cc(F)c(S(=O)(=O)NCC2(O)CCCC2)cc1N. The van der Waals surface area contributed by atoms with Crippen LogP contribution in [0.5, 0.6) is 0 Å². The van der Waals surface area contributed by atoms with E-state index in [1.54, 1.807) is 6.92 Å². The Bertz CT molecular complexity index is 610. The van der Waals surface area contributed by atoms with Crippen LogP contribution < -0.4 is 10.5 Å². The smallest absolute Gasteiger partial charge is 0.243 e. The number of rotatable bonds is 4. The number of nitrogens with one attached hydrogen (secondary N) is 1. The van der Waals surface area contributed by atoms with Gasteiger partial charge in [0.25, 0.3) is 0 Å². The molecule has 5 nitrogen and oxygen atoms in total. The van der Waals surface area contributed by atoms with Crippen LogP contribution in [0.3, 0.4) is 0 Å². The van der Waals surface area contributed by atoms with Gasteiger partial charge in [-0.1, -0.05) is 12.8 Å². The molecule has 1 aliphatic rings. The normalized spacial score (nSPS) is 18.4. The molecule has 1 aliphatic carbocycles. The van der Waals surface area contributed by atoms with Gasteiger partial charge >= 0.3 is 0 Å². The number of halogens is 1. The molecule has 1 aromatic rings. The molecule has 1 fully saturated rings. The highest BCUT2D eigenvalue weighted by Gasteiger charge is 2.33. The van der Waals surface area contributed by atoms with E-state index in [4.69, 9.17) is 5.73 Å². The van der Waals surface area contributed by atoms with Crippen LogP contribution in [-0.2, 0) is 10.0 Å². The number of anilines is 1. The van der Waals surface area contributed by atoms with E-state index in [0.29, 0.717) is 18.4 Å². The highest BCUT2D eigenvalue weighted by Crippen LogP contribution is 2.29. The summed E-state index contributed by atoms with van der Waals surface area (Å²) >= 11 is 0. The number of nitrogens with two attached hydrogens (primary N) is 1. The average molecular weight is 302 g/mol. The van der Waals surface area contributed by atoms with Crippen LogP contribution in [0.4, 0.5) is 10.1 Å². The van der Waals surface area contributed by atoms with Crippen LogP contribution in [0, 0.1) is 12.7 Å². The fraction of sp³-hybridized carbons (Fsp3) is 0.538. The first-order valence-corrected chi connectivity index (χ1v) is 7.99. The lowest BCUT2D eigenvalue weighted by molar-refractivity contribution is 0.0531. The third kappa shape index (κ3) is 3.11. The van der Waals surface area contributed by atoms with E-state index in [1.807, 2.05) is 0 Å². The van der Waals surface area contributed by atoms with Crippen LogP contribution in [0.15, 0.2) is 17.0 Å². The zero-order valence-electron chi connectivity index (χ0n) is 11.3. The van der Waals surface area contributed by atoms with Crippen molar-refractivity contribution in [3.8, 4) is 0 Å². The number of hydrogen-bond donors (Lipinski definition) is 3. The van der Waals surface area contributed by atoms with E-state index in [0.717, 1.165) is 25.0 Å². The molecule has 4 N–H and O–H groups in total. The second-order valence-corrected chi connectivity index (χ2v) is 7.13. The Morgan fingerprint density at radius 2 is 2.00 bits per heavy atom. The molecular formula is C13H19FN2O3S. The van der Waals surface area contributed by atoms with Gasteiger partial charge in [-0.3, -0.25) is 0 Å². The number of hydrogen-bond acceptors (Lipinski definition) is 4. The van der Waals surface area contributed by atoms with Crippen molar-refractivity contribution < 1.29 is 17.9 Å². The zero-order chi connectivity index (χ0) is 15.0. The second kappa shape index (κ2) is 5.31. The molecule has 0 heterocycles. The van der Waals surface area contributed by atoms with Gasteiger partial charge in [0.05, 0.1) is 5.60 Å². The molecule has 0 atom stereocenters. The minimum atomic E-state index is -4.02. The Morgan fingerprint density at radius 1 is 1.40 bits per heavy atom. The number of aryl methyl sites for hydroxylation is 1. The summed E-state index contributed by atoms with van der Waals surface area (Å²) in [4.78, 5) is -0.484. The van der Waals surface area contributed by atoms with E-state index >= 15 is 0 Å². The van der Waals surface area contributed by atoms with Crippen molar-refractivity contribution >= 4 is 15.7 Å². The van der Waals surface area contributed by atoms with Gasteiger partial charge in [-0.05, 0) is 37.5 Å². The summed E-state index contributed by atoms with van der Waals surface area (Å²) in [6, 6.07) is 2.19. The molecule has 1 saturated carbocycles. The van der Waals surface area contributed by atoms with Gasteiger partial charge in [0, 0.05) is 12.2 Å². The van der Waals surface area contributed by atoms with Crippen LogP contribution in [-0.4, -0.2) is 25.7 Å². The van der Waals surface area contributed by atoms with Gasteiger partial charge in [-0.15, -0.1) is 0 Å². The van der Waals surface area contributed by atoms with Crippen LogP contribution in [0.1, 0.15) is 31.2 Å². The van der Waals surface area contributed by atoms with Gasteiger partial charge in [0.1, 0.15) is 10.7 Å². The molecule has 0 radical (unpaired) electrons. The zero-order valence-corrected chi connectivity index (χ0v) is 12.1. The lowest BCUT2D eigenvalue weighted by Gasteiger charge is -2.22. The largest absolute Gasteiger partial charge is 0.398 e. The van der Waals surface area contributed by atoms with Crippen molar-refractivity contribution in [2.75, 3.05) is 12.3 Å². The Balaban J connectivity index is 2.20. The van der Waals surface area contributed by atoms with E-state index in [-0.39, 0.29) is 12.2 Å². The Morgan fingerprint density at radius 3 is 2.60 bits per heavy atom. The van der Waals surface area contributed by atoms with Gasteiger partial charge < -0.3 is 10.8 Å². The first kappa shape index (κ1) is 15.2. The minimum absolute atomic E-state index is 0.109. The van der Waals surface area contributed by atoms with Crippen LogP contribution >= 0.6 is 0 Å². The Labute approximate surface area is 118 Å². The summed E-state index contributed by atoms with van der Waals surface area (Å²) in [5.74, 6) is -0.845. The molecule has 20 heavy (non-hydrogen) atoms. The van der Waals surface area contributed by atoms with Crippen LogP contribution in [0.2, 0.25) is 0 Å². The predicted octanol–water partition coefficient (Wildman–Crippen LogP) is 1.30. The molecule has 0 amide bonds. The average Bonchev–Trinajstić information content (AvgIpc) is 2.79. The maximum absolute atomic E-state index is 13.8. The number of aliphatic hydroxyl groups is 1. The molecular weight excluding hydrogens is 283 g/mol. The predicted molar refractivity (Wildman–Crippen MR) is 74.2 cm³/mol. The third-order valence-corrected chi connectivity index (χ3v) is 5.15. The van der Waals surface area contributed by atoms with E-state index in [1.165, 1.54) is 0 Å². The fourth-order valence-electron chi connectivity index (χ4n) is 2.39. The minimum Gasteiger partial charge on any atom is -0.398 e. The van der Waals surface area contributed by atoms with Gasteiger partial charge in [-0.2, -0.15) is 0 Å². The van der Waals surface area contributed by atoms with Crippen LogP contribution in [0.25, 0.3) is 0 Å². The van der Waals surface area contributed by atoms with Crippen molar-refractivity contribution in [1.82, 2.24) is 4.72 Å². The lowest BCUT2D eigenvalue weighted by atomic mass is 10.0. The van der Waals surface area contributed by atoms with Crippen molar-refractivity contribution in [1.29, 1.82) is 0 Å². The summed E-state index contributed by atoms with van der Waals surface area (Å²) in [6.45, 7) is 1.49. The summed E-state index contributed by atoms with van der Waals surface area (Å²) in [7, 11) is -4.02. The monoisotopic (exact) mass is 302 g/mol. The highest BCUT2D eigenvalue weighted by molar-refractivity contribution is 7.89. The second-order valence-electron chi connectivity index (χ2n) is 5.40. The summed E-state index contributed by atoms with van der Waals surface area (Å²) in [5, 5.41) is 10.1. The first-order chi connectivity index (χ1) is 9.23. The van der Waals surface area contributed by atoms with E-state index < -0.39 is 26.3 Å². The third-order valence-electron chi connectivity index (χ3n) is 3.74. The maximum Gasteiger partial charge on any atom is 0.243 e. The molecule has 7 heteroatoms. The van der Waals surface area contributed by atoms with Gasteiger partial charge in [0.15, 0.2) is 0 Å². The number of sulfonamides is 1. The molecule has 1 aromatic carbocycles. The Hall–Kier alpha value is -1.18. The first-order valence-electron chi connectivity index (χ1n) is 6.51. The molecule has 0 aromatic heterocycles. The van der Waals surface area contributed by atoms with Crippen molar-refractivity contribution in [2.24, 2.45) is 0 Å². The van der Waals surface area contributed by atoms with Crippen molar-refractivity contribution in [3.63, 3.8) is 0 Å². The number of benzene rings is 1. The van der Waals surface area contributed by atoms with Crippen molar-refractivity contribution in [3.05, 3.63) is 23.5 Å². The molecule has 0 spiro atoms. The molecule has 112 valence electrons. The molecule has 0 bridgehead atoms. The number of nitrogen functional groups attached to an aromatic ring is 1. The summed E-state index contributed by atoms with van der Waals surface area (Å²) in [5.41, 5.74) is 5.29. The topological polar surface area (TPSA) is 92.4 Å². The molecule has 0 unspecified atom stereocenters. The summed E-state index contributed by atoms with van der Waals surface area (Å²) in [6.07, 6.45) is 2.83. The molecule has 0 saturated heterocycles. The van der Waals surface area contributed by atoms with Crippen molar-refractivity contribution in [2.45, 2.75) is 43.1 Å². The maximum atomic E-state index is 13.8. The van der Waals surface area contributed by atoms with Gasteiger partial charge in [-0.25, -0.2) is 17.5 Å². The lowest BCUT2D eigenvalue weighted by Crippen LogP contribution is -2.40. The molecule has 2 rings (SSSR count). The molecule has 0 aliphatic heterocycles. The van der Waals surface area contributed by atoms with E-state index in [2.05, 4.69) is 4.72 Å².